The van der Waals surface area contributed by atoms with E-state index in [1.54, 1.807) is 0 Å². The van der Waals surface area contributed by atoms with E-state index in [-0.39, 0.29) is 30.8 Å². The minimum Gasteiger partial charge on any atom is -0.322 e. The zero-order valence-corrected chi connectivity index (χ0v) is 13.5. The van der Waals surface area contributed by atoms with Crippen molar-refractivity contribution < 1.29 is 13.2 Å². The van der Waals surface area contributed by atoms with Crippen LogP contribution < -0.4 is 5.32 Å². The van der Waals surface area contributed by atoms with Crippen LogP contribution in [0.25, 0.3) is 0 Å². The maximum absolute atomic E-state index is 12.0. The fourth-order valence-corrected chi connectivity index (χ4v) is 4.37. The normalized spacial score (nSPS) is 15.9. The van der Waals surface area contributed by atoms with E-state index in [1.165, 1.54) is 4.90 Å². The summed E-state index contributed by atoms with van der Waals surface area (Å²) in [6.07, 6.45) is 0. The summed E-state index contributed by atoms with van der Waals surface area (Å²) in [6.45, 7) is 6.30. The lowest BCUT2D eigenvalue weighted by Gasteiger charge is -2.38. The summed E-state index contributed by atoms with van der Waals surface area (Å²) >= 11 is 0. The van der Waals surface area contributed by atoms with E-state index in [1.807, 2.05) is 45.0 Å². The number of nitrogens with zero attached hydrogens (tertiary/aromatic N) is 1. The number of likely N-dealkylation sites (tertiary alicyclic amines) is 1. The SMILES string of the molecule is Cc1cccc(NC(=O)N2CC(S(=O)(=O)CC(C)C)C2)c1. The molecule has 1 N–H and O–H groups in total. The highest BCUT2D eigenvalue weighted by molar-refractivity contribution is 7.92. The Labute approximate surface area is 126 Å². The first-order valence-electron chi connectivity index (χ1n) is 7.12. The van der Waals surface area contributed by atoms with Crippen LogP contribution in [-0.4, -0.2) is 43.4 Å². The van der Waals surface area contributed by atoms with E-state index >= 15 is 0 Å². The molecule has 1 fully saturated rings. The number of sulfone groups is 1. The number of carbonyl (C=O) groups is 1. The van der Waals surface area contributed by atoms with Gasteiger partial charge in [0.1, 0.15) is 0 Å². The van der Waals surface area contributed by atoms with E-state index in [2.05, 4.69) is 5.32 Å². The van der Waals surface area contributed by atoms with Crippen molar-refractivity contribution in [1.82, 2.24) is 4.90 Å². The number of nitrogens with one attached hydrogen (secondary N) is 1. The lowest BCUT2D eigenvalue weighted by Crippen LogP contribution is -2.58. The van der Waals surface area contributed by atoms with Gasteiger partial charge in [-0.3, -0.25) is 0 Å². The average Bonchev–Trinajstić information content (AvgIpc) is 2.23. The predicted molar refractivity (Wildman–Crippen MR) is 84.2 cm³/mol. The largest absolute Gasteiger partial charge is 0.322 e. The monoisotopic (exact) mass is 310 g/mol. The number of amides is 2. The Hall–Kier alpha value is -1.56. The van der Waals surface area contributed by atoms with Crippen LogP contribution in [0.2, 0.25) is 0 Å². The molecule has 0 radical (unpaired) electrons. The molecule has 1 saturated heterocycles. The van der Waals surface area contributed by atoms with Crippen molar-refractivity contribution in [2.75, 3.05) is 24.2 Å². The van der Waals surface area contributed by atoms with Gasteiger partial charge in [0, 0.05) is 18.8 Å². The molecule has 1 aliphatic heterocycles. The van der Waals surface area contributed by atoms with E-state index in [0.717, 1.165) is 11.3 Å². The van der Waals surface area contributed by atoms with Crippen LogP contribution in [0.4, 0.5) is 10.5 Å². The maximum atomic E-state index is 12.0. The second-order valence-corrected chi connectivity index (χ2v) is 8.38. The molecule has 0 aromatic heterocycles. The van der Waals surface area contributed by atoms with Gasteiger partial charge in [-0.15, -0.1) is 0 Å². The quantitative estimate of drug-likeness (QED) is 0.928. The summed E-state index contributed by atoms with van der Waals surface area (Å²) in [5, 5.41) is 2.38. The van der Waals surface area contributed by atoms with Gasteiger partial charge in [-0.05, 0) is 30.5 Å². The smallest absolute Gasteiger partial charge is 0.321 e. The van der Waals surface area contributed by atoms with Gasteiger partial charge in [-0.1, -0.05) is 26.0 Å². The molecule has 0 atom stereocenters. The third-order valence-electron chi connectivity index (χ3n) is 3.48. The highest BCUT2D eigenvalue weighted by Crippen LogP contribution is 2.20. The van der Waals surface area contributed by atoms with Gasteiger partial charge in [-0.25, -0.2) is 13.2 Å². The van der Waals surface area contributed by atoms with Crippen molar-refractivity contribution in [3.05, 3.63) is 29.8 Å². The average molecular weight is 310 g/mol. The van der Waals surface area contributed by atoms with Gasteiger partial charge in [0.15, 0.2) is 9.84 Å². The molecule has 6 heteroatoms. The molecule has 0 bridgehead atoms. The van der Waals surface area contributed by atoms with Crippen molar-refractivity contribution in [2.45, 2.75) is 26.0 Å². The van der Waals surface area contributed by atoms with Crippen molar-refractivity contribution in [3.63, 3.8) is 0 Å². The first-order chi connectivity index (χ1) is 9.78. The number of urea groups is 1. The summed E-state index contributed by atoms with van der Waals surface area (Å²) in [6, 6.07) is 7.28. The zero-order valence-electron chi connectivity index (χ0n) is 12.7. The molecule has 1 aromatic rings. The van der Waals surface area contributed by atoms with Crippen molar-refractivity contribution in [1.29, 1.82) is 0 Å². The molecule has 0 spiro atoms. The first-order valence-corrected chi connectivity index (χ1v) is 8.83. The van der Waals surface area contributed by atoms with E-state index in [4.69, 9.17) is 0 Å². The molecule has 2 rings (SSSR count). The lowest BCUT2D eigenvalue weighted by atomic mass is 10.2. The molecule has 0 aliphatic carbocycles. The molecule has 5 nitrogen and oxygen atoms in total. The van der Waals surface area contributed by atoms with Crippen molar-refractivity contribution in [2.24, 2.45) is 5.92 Å². The first kappa shape index (κ1) is 15.8. The van der Waals surface area contributed by atoms with Crippen LogP contribution in [0, 0.1) is 12.8 Å². The van der Waals surface area contributed by atoms with Gasteiger partial charge < -0.3 is 10.2 Å². The fraction of sp³-hybridized carbons (Fsp3) is 0.533. The van der Waals surface area contributed by atoms with Crippen LogP contribution in [0.15, 0.2) is 24.3 Å². The summed E-state index contributed by atoms with van der Waals surface area (Å²) in [5.74, 6) is 0.301. The molecule has 1 aliphatic rings. The van der Waals surface area contributed by atoms with Gasteiger partial charge >= 0.3 is 6.03 Å². The molecule has 21 heavy (non-hydrogen) atoms. The van der Waals surface area contributed by atoms with Gasteiger partial charge in [0.25, 0.3) is 0 Å². The van der Waals surface area contributed by atoms with E-state index < -0.39 is 15.1 Å². The number of aryl methyl sites for hydroxylation is 1. The Morgan fingerprint density at radius 3 is 2.62 bits per heavy atom. The number of rotatable bonds is 4. The third-order valence-corrected chi connectivity index (χ3v) is 5.92. The molecule has 1 heterocycles. The Morgan fingerprint density at radius 1 is 1.38 bits per heavy atom. The Bertz CT molecular complexity index is 620. The Balaban J connectivity index is 1.88. The summed E-state index contributed by atoms with van der Waals surface area (Å²) in [5.41, 5.74) is 1.79. The van der Waals surface area contributed by atoms with Gasteiger partial charge in [-0.2, -0.15) is 0 Å². The van der Waals surface area contributed by atoms with Crippen LogP contribution in [-0.2, 0) is 9.84 Å². The van der Waals surface area contributed by atoms with Crippen LogP contribution in [0.1, 0.15) is 19.4 Å². The summed E-state index contributed by atoms with van der Waals surface area (Å²) < 4.78 is 24.1. The number of benzene rings is 1. The molecule has 2 amide bonds. The van der Waals surface area contributed by atoms with E-state index in [0.29, 0.717) is 0 Å². The van der Waals surface area contributed by atoms with Crippen LogP contribution in [0.5, 0.6) is 0 Å². The highest BCUT2D eigenvalue weighted by atomic mass is 32.2. The fourth-order valence-electron chi connectivity index (χ4n) is 2.36. The van der Waals surface area contributed by atoms with E-state index in [9.17, 15) is 13.2 Å². The Morgan fingerprint density at radius 2 is 2.05 bits per heavy atom. The maximum Gasteiger partial charge on any atom is 0.321 e. The lowest BCUT2D eigenvalue weighted by molar-refractivity contribution is 0.182. The molecule has 0 saturated carbocycles. The van der Waals surface area contributed by atoms with Gasteiger partial charge in [0.2, 0.25) is 0 Å². The molecular weight excluding hydrogens is 288 g/mol. The van der Waals surface area contributed by atoms with Crippen LogP contribution in [0.3, 0.4) is 0 Å². The Kier molecular flexibility index (Phi) is 4.56. The molecular formula is C15H22N2O3S. The standard InChI is InChI=1S/C15H22N2O3S/c1-11(2)10-21(19,20)14-8-17(9-14)15(18)16-13-6-4-5-12(3)7-13/h4-7,11,14H,8-10H2,1-3H3,(H,16,18). The second kappa shape index (κ2) is 6.05. The number of carbonyl (C=O) groups excluding carboxylic acids is 1. The minimum atomic E-state index is -3.09. The highest BCUT2D eigenvalue weighted by Gasteiger charge is 2.39. The number of anilines is 1. The minimum absolute atomic E-state index is 0.116. The summed E-state index contributed by atoms with van der Waals surface area (Å²) in [4.78, 5) is 13.6. The van der Waals surface area contributed by atoms with Crippen molar-refractivity contribution in [3.8, 4) is 0 Å². The zero-order chi connectivity index (χ0) is 15.6. The number of hydrogen-bond acceptors (Lipinski definition) is 3. The summed E-state index contributed by atoms with van der Waals surface area (Å²) in [7, 11) is -3.09. The molecule has 116 valence electrons. The second-order valence-electron chi connectivity index (χ2n) is 6.05. The predicted octanol–water partition coefficient (Wildman–Crippen LogP) is 2.28. The third kappa shape index (κ3) is 3.97. The topological polar surface area (TPSA) is 66.5 Å². The molecule has 0 unspecified atom stereocenters. The van der Waals surface area contributed by atoms with Gasteiger partial charge in [0.05, 0.1) is 11.0 Å². The van der Waals surface area contributed by atoms with Crippen LogP contribution >= 0.6 is 0 Å². The van der Waals surface area contributed by atoms with Crippen molar-refractivity contribution >= 4 is 21.6 Å². The number of hydrogen-bond donors (Lipinski definition) is 1. The molecule has 1 aromatic carbocycles.